The lowest BCUT2D eigenvalue weighted by Crippen LogP contribution is -2.03. The molecule has 1 heterocycles. The van der Waals surface area contributed by atoms with E-state index in [2.05, 4.69) is 37.2 Å². The highest BCUT2D eigenvalue weighted by Gasteiger charge is 2.29. The maximum Gasteiger partial charge on any atom is 0.256 e. The van der Waals surface area contributed by atoms with Crippen LogP contribution in [0.2, 0.25) is 5.02 Å². The van der Waals surface area contributed by atoms with Crippen LogP contribution in [0.1, 0.15) is 16.7 Å². The Hall–Kier alpha value is -1.30. The Morgan fingerprint density at radius 1 is 1.23 bits per heavy atom. The third-order valence-electron chi connectivity index (χ3n) is 3.52. The Labute approximate surface area is 149 Å². The number of rotatable bonds is 1. The van der Waals surface area contributed by atoms with Gasteiger partial charge in [-0.15, -0.1) is 0 Å². The average molecular weight is 444 g/mol. The maximum atomic E-state index is 12.3. The third kappa shape index (κ3) is 2.57. The number of carbonyl (C=O) groups is 1. The normalized spacial score (nSPS) is 15.1. The molecule has 0 aliphatic carbocycles. The molecule has 1 aliphatic rings. The highest BCUT2D eigenvalue weighted by Crippen LogP contribution is 2.43. The number of anilines is 1. The van der Waals surface area contributed by atoms with E-state index in [1.165, 1.54) is 6.07 Å². The average Bonchev–Trinajstić information content (AvgIpc) is 2.78. The van der Waals surface area contributed by atoms with Gasteiger partial charge < -0.3 is 10.4 Å². The van der Waals surface area contributed by atoms with E-state index in [1.807, 2.05) is 13.0 Å². The molecular weight excluding hydrogens is 433 g/mol. The molecule has 1 aliphatic heterocycles. The number of aromatic hydroxyl groups is 1. The minimum atomic E-state index is -0.212. The zero-order chi connectivity index (χ0) is 16.0. The molecule has 0 aromatic heterocycles. The van der Waals surface area contributed by atoms with Gasteiger partial charge >= 0.3 is 0 Å². The first-order valence-electron chi connectivity index (χ1n) is 6.39. The van der Waals surface area contributed by atoms with Crippen LogP contribution in [-0.4, -0.2) is 11.0 Å². The van der Waals surface area contributed by atoms with E-state index in [4.69, 9.17) is 11.6 Å². The first kappa shape index (κ1) is 15.6. The Morgan fingerprint density at radius 3 is 2.68 bits per heavy atom. The lowest BCUT2D eigenvalue weighted by Gasteiger charge is -2.08. The van der Waals surface area contributed by atoms with Crippen LogP contribution < -0.4 is 5.32 Å². The quantitative estimate of drug-likeness (QED) is 0.582. The molecule has 1 amide bonds. The number of hydrogen-bond acceptors (Lipinski definition) is 2. The van der Waals surface area contributed by atoms with Crippen molar-refractivity contribution >= 4 is 66.7 Å². The molecule has 0 atom stereocenters. The Kier molecular flexibility index (Phi) is 4.05. The van der Waals surface area contributed by atoms with E-state index in [1.54, 1.807) is 18.2 Å². The van der Waals surface area contributed by atoms with Crippen LogP contribution in [-0.2, 0) is 4.79 Å². The topological polar surface area (TPSA) is 49.3 Å². The summed E-state index contributed by atoms with van der Waals surface area (Å²) in [5, 5.41) is 13.3. The van der Waals surface area contributed by atoms with Crippen molar-refractivity contribution in [1.82, 2.24) is 0 Å². The molecule has 2 aromatic carbocycles. The summed E-state index contributed by atoms with van der Waals surface area (Å²) in [4.78, 5) is 12.3. The minimum absolute atomic E-state index is 0.0739. The van der Waals surface area contributed by atoms with Crippen molar-refractivity contribution in [2.45, 2.75) is 6.92 Å². The van der Waals surface area contributed by atoms with Gasteiger partial charge in [0.05, 0.1) is 11.3 Å². The van der Waals surface area contributed by atoms with Crippen molar-refractivity contribution in [2.24, 2.45) is 0 Å². The molecule has 0 saturated carbocycles. The summed E-state index contributed by atoms with van der Waals surface area (Å²) in [7, 11) is 0. The van der Waals surface area contributed by atoms with E-state index in [9.17, 15) is 9.90 Å². The number of benzene rings is 2. The van der Waals surface area contributed by atoms with Gasteiger partial charge in [-0.2, -0.15) is 0 Å². The summed E-state index contributed by atoms with van der Waals surface area (Å²) < 4.78 is 1.70. The van der Waals surface area contributed by atoms with Crippen LogP contribution in [0.15, 0.2) is 33.2 Å². The van der Waals surface area contributed by atoms with Gasteiger partial charge in [-0.25, -0.2) is 0 Å². The van der Waals surface area contributed by atoms with Crippen molar-refractivity contribution in [3.05, 3.63) is 54.9 Å². The first-order valence-corrected chi connectivity index (χ1v) is 8.35. The molecule has 2 aromatic rings. The Bertz CT molecular complexity index is 847. The molecule has 3 nitrogen and oxygen atoms in total. The SMILES string of the molecule is Cc1c(Br)cc(Br)c2c1C(=Cc1cc(Cl)ccc1O)C(=O)N2. The van der Waals surface area contributed by atoms with Crippen molar-refractivity contribution in [3.63, 3.8) is 0 Å². The van der Waals surface area contributed by atoms with Gasteiger partial charge in [0, 0.05) is 25.1 Å². The molecule has 0 bridgehead atoms. The van der Waals surface area contributed by atoms with Crippen LogP contribution in [0.5, 0.6) is 5.75 Å². The predicted molar refractivity (Wildman–Crippen MR) is 96.2 cm³/mol. The molecular formula is C16H10Br2ClNO2. The van der Waals surface area contributed by atoms with Gasteiger partial charge in [-0.05, 0) is 58.8 Å². The van der Waals surface area contributed by atoms with Crippen molar-refractivity contribution in [2.75, 3.05) is 5.32 Å². The lowest BCUT2D eigenvalue weighted by atomic mass is 9.99. The summed E-state index contributed by atoms with van der Waals surface area (Å²) in [5.74, 6) is -0.138. The smallest absolute Gasteiger partial charge is 0.256 e. The van der Waals surface area contributed by atoms with Gasteiger partial charge in [0.1, 0.15) is 5.75 Å². The summed E-state index contributed by atoms with van der Waals surface area (Å²) >= 11 is 12.9. The second-order valence-corrected chi connectivity index (χ2v) is 7.08. The number of halogens is 3. The van der Waals surface area contributed by atoms with E-state index in [-0.39, 0.29) is 11.7 Å². The van der Waals surface area contributed by atoms with Crippen LogP contribution in [0.3, 0.4) is 0 Å². The second-order valence-electron chi connectivity index (χ2n) is 4.93. The molecule has 3 rings (SSSR count). The largest absolute Gasteiger partial charge is 0.507 e. The zero-order valence-electron chi connectivity index (χ0n) is 11.4. The maximum absolute atomic E-state index is 12.3. The van der Waals surface area contributed by atoms with E-state index in [0.29, 0.717) is 16.2 Å². The number of carbonyl (C=O) groups excluding carboxylic acids is 1. The fraction of sp³-hybridized carbons (Fsp3) is 0.0625. The van der Waals surface area contributed by atoms with Gasteiger partial charge in [0.2, 0.25) is 0 Å². The van der Waals surface area contributed by atoms with Gasteiger partial charge in [0.25, 0.3) is 5.91 Å². The van der Waals surface area contributed by atoms with Crippen molar-refractivity contribution in [3.8, 4) is 5.75 Å². The van der Waals surface area contributed by atoms with Crippen LogP contribution in [0, 0.1) is 6.92 Å². The summed E-state index contributed by atoms with van der Waals surface area (Å²) in [6, 6.07) is 6.62. The fourth-order valence-corrected chi connectivity index (χ4v) is 3.85. The number of hydrogen-bond donors (Lipinski definition) is 2. The Balaban J connectivity index is 2.25. The molecule has 0 saturated heterocycles. The number of fused-ring (bicyclic) bond motifs is 1. The third-order valence-corrected chi connectivity index (χ3v) is 5.20. The number of phenolic OH excluding ortho intramolecular Hbond substituents is 1. The monoisotopic (exact) mass is 441 g/mol. The highest BCUT2D eigenvalue weighted by atomic mass is 79.9. The predicted octanol–water partition coefficient (Wildman–Crippen LogP) is 5.37. The van der Waals surface area contributed by atoms with Crippen LogP contribution in [0.25, 0.3) is 11.6 Å². The first-order chi connectivity index (χ1) is 10.4. The highest BCUT2D eigenvalue weighted by molar-refractivity contribution is 9.11. The second kappa shape index (κ2) is 5.72. The molecule has 6 heteroatoms. The molecule has 22 heavy (non-hydrogen) atoms. The molecule has 2 N–H and O–H groups in total. The summed E-state index contributed by atoms with van der Waals surface area (Å²) in [5.41, 5.74) is 3.49. The van der Waals surface area contributed by atoms with E-state index in [0.717, 1.165) is 25.8 Å². The molecule has 0 radical (unpaired) electrons. The van der Waals surface area contributed by atoms with Crippen LogP contribution in [0.4, 0.5) is 5.69 Å². The summed E-state index contributed by atoms with van der Waals surface area (Å²) in [6.45, 7) is 1.93. The number of amides is 1. The molecule has 0 unspecified atom stereocenters. The van der Waals surface area contributed by atoms with Gasteiger partial charge in [-0.1, -0.05) is 27.5 Å². The minimum Gasteiger partial charge on any atom is -0.507 e. The lowest BCUT2D eigenvalue weighted by molar-refractivity contribution is -0.110. The van der Waals surface area contributed by atoms with E-state index < -0.39 is 0 Å². The van der Waals surface area contributed by atoms with Gasteiger partial charge in [0.15, 0.2) is 0 Å². The van der Waals surface area contributed by atoms with Crippen molar-refractivity contribution in [1.29, 1.82) is 0 Å². The van der Waals surface area contributed by atoms with Crippen molar-refractivity contribution < 1.29 is 9.90 Å². The van der Waals surface area contributed by atoms with E-state index >= 15 is 0 Å². The molecule has 0 fully saturated rings. The fourth-order valence-electron chi connectivity index (χ4n) is 2.41. The number of nitrogens with one attached hydrogen (secondary N) is 1. The summed E-state index contributed by atoms with van der Waals surface area (Å²) in [6.07, 6.45) is 1.65. The Morgan fingerprint density at radius 2 is 1.95 bits per heavy atom. The standard InChI is InChI=1S/C16H10Br2ClNO2/c1-7-11(17)6-12(18)15-14(7)10(16(22)20-15)5-8-4-9(19)2-3-13(8)21/h2-6,21H,1H3,(H,20,22). The van der Waals surface area contributed by atoms with Gasteiger partial charge in [-0.3, -0.25) is 4.79 Å². The molecule has 112 valence electrons. The van der Waals surface area contributed by atoms with Crippen LogP contribution >= 0.6 is 43.5 Å². The molecule has 0 spiro atoms. The zero-order valence-corrected chi connectivity index (χ0v) is 15.3. The number of phenols is 1.